The summed E-state index contributed by atoms with van der Waals surface area (Å²) in [7, 11) is -3.49. The number of carbonyl (C=O) groups excluding carboxylic acids is 1. The number of hydrogen-bond donors (Lipinski definition) is 0. The van der Waals surface area contributed by atoms with Crippen LogP contribution in [0.2, 0.25) is 36.3 Å². The predicted molar refractivity (Wildman–Crippen MR) is 165 cm³/mol. The summed E-state index contributed by atoms with van der Waals surface area (Å²) >= 11 is 0. The SMILES string of the molecule is CC[Si](C#C[C@]1(c2ccccc2)CCC[C@](C#C[Si](CC)(CC)CC)(c2ccccc2)C1=O)(CC)CC. The fourth-order valence-corrected chi connectivity index (χ4v) is 11.1. The summed E-state index contributed by atoms with van der Waals surface area (Å²) in [6.07, 6.45) is 2.49. The van der Waals surface area contributed by atoms with Crippen LogP contribution < -0.4 is 0 Å². The third-order valence-corrected chi connectivity index (χ3v) is 19.0. The molecule has 0 N–H and O–H groups in total. The topological polar surface area (TPSA) is 17.1 Å². The van der Waals surface area contributed by atoms with Crippen molar-refractivity contribution in [1.29, 1.82) is 0 Å². The molecule has 0 bridgehead atoms. The molecule has 0 saturated heterocycles. The van der Waals surface area contributed by atoms with Gasteiger partial charge < -0.3 is 0 Å². The van der Waals surface area contributed by atoms with Gasteiger partial charge in [0, 0.05) is 0 Å². The molecule has 1 aliphatic carbocycles. The van der Waals surface area contributed by atoms with E-state index in [0.29, 0.717) is 0 Å². The van der Waals surface area contributed by atoms with E-state index in [1.54, 1.807) is 0 Å². The van der Waals surface area contributed by atoms with E-state index in [4.69, 9.17) is 0 Å². The summed E-state index contributed by atoms with van der Waals surface area (Å²) < 4.78 is 0. The van der Waals surface area contributed by atoms with Crippen molar-refractivity contribution in [2.75, 3.05) is 0 Å². The molecule has 1 fully saturated rings. The predicted octanol–water partition coefficient (Wildman–Crippen LogP) is 8.72. The highest BCUT2D eigenvalue weighted by molar-refractivity contribution is 6.87. The fraction of sp³-hybridized carbons (Fsp3) is 0.500. The lowest BCUT2D eigenvalue weighted by molar-refractivity contribution is -0.128. The average Bonchev–Trinajstić information content (AvgIpc) is 2.97. The Morgan fingerprint density at radius 1 is 0.595 bits per heavy atom. The van der Waals surface area contributed by atoms with Crippen molar-refractivity contribution in [3.05, 3.63) is 71.8 Å². The zero-order valence-electron chi connectivity index (χ0n) is 24.0. The Morgan fingerprint density at radius 3 is 1.22 bits per heavy atom. The maximum absolute atomic E-state index is 15.2. The number of carbonyl (C=O) groups is 1. The number of Topliss-reactive ketones (excluding diaryl/α,β-unsaturated/α-hetero) is 1. The van der Waals surface area contributed by atoms with Gasteiger partial charge in [-0.05, 0) is 66.7 Å². The Morgan fingerprint density at radius 2 is 0.919 bits per heavy atom. The van der Waals surface area contributed by atoms with Crippen molar-refractivity contribution in [3.8, 4) is 22.9 Å². The van der Waals surface area contributed by atoms with Crippen molar-refractivity contribution in [2.45, 2.75) is 108 Å². The highest BCUT2D eigenvalue weighted by Gasteiger charge is 2.54. The summed E-state index contributed by atoms with van der Waals surface area (Å²) in [4.78, 5) is 15.2. The van der Waals surface area contributed by atoms with Crippen molar-refractivity contribution in [2.24, 2.45) is 0 Å². The number of benzene rings is 2. The van der Waals surface area contributed by atoms with Crippen LogP contribution in [-0.4, -0.2) is 21.9 Å². The van der Waals surface area contributed by atoms with Gasteiger partial charge in [0.05, 0.1) is 0 Å². The van der Waals surface area contributed by atoms with Crippen molar-refractivity contribution in [3.63, 3.8) is 0 Å². The summed E-state index contributed by atoms with van der Waals surface area (Å²) in [6.45, 7) is 13.7. The van der Waals surface area contributed by atoms with E-state index < -0.39 is 27.0 Å². The molecule has 0 spiro atoms. The van der Waals surface area contributed by atoms with Gasteiger partial charge in [0.1, 0.15) is 27.0 Å². The number of hydrogen-bond acceptors (Lipinski definition) is 1. The van der Waals surface area contributed by atoms with Gasteiger partial charge in [0.2, 0.25) is 0 Å². The molecular weight excluding hydrogens is 481 g/mol. The maximum Gasteiger partial charge on any atom is 0.177 e. The molecule has 2 aromatic carbocycles. The lowest BCUT2D eigenvalue weighted by atomic mass is 9.57. The van der Waals surface area contributed by atoms with E-state index in [9.17, 15) is 0 Å². The lowest BCUT2D eigenvalue weighted by Crippen LogP contribution is -2.52. The first-order valence-corrected chi connectivity index (χ1v) is 19.8. The summed E-state index contributed by atoms with van der Waals surface area (Å²) in [5, 5.41) is 0. The molecule has 37 heavy (non-hydrogen) atoms. The molecule has 0 heterocycles. The summed E-state index contributed by atoms with van der Waals surface area (Å²) in [6, 6.07) is 27.6. The van der Waals surface area contributed by atoms with Crippen LogP contribution in [0.25, 0.3) is 0 Å². The van der Waals surface area contributed by atoms with Crippen LogP contribution in [0.5, 0.6) is 0 Å². The van der Waals surface area contributed by atoms with E-state index >= 15 is 4.79 Å². The fourth-order valence-electron chi connectivity index (χ4n) is 6.10. The lowest BCUT2D eigenvalue weighted by Gasteiger charge is -2.42. The quantitative estimate of drug-likeness (QED) is 0.248. The van der Waals surface area contributed by atoms with Crippen LogP contribution in [0.15, 0.2) is 60.7 Å². The molecular formula is C34H46OSi2. The molecule has 3 heteroatoms. The molecule has 0 aromatic heterocycles. The average molecular weight is 527 g/mol. The van der Waals surface area contributed by atoms with Crippen LogP contribution in [0, 0.1) is 22.9 Å². The monoisotopic (exact) mass is 526 g/mol. The standard InChI is InChI=1S/C34H46OSi2/c1-7-36(8-2,9-3)28-26-33(30-20-15-13-16-21-30)24-19-25-34(32(33)35,31-22-17-14-18-23-31)27-29-37(10-4,11-5)12-6/h13-18,20-23H,7-12,19,24-25H2,1-6H3/t33-,34-/m0/s1. The highest BCUT2D eigenvalue weighted by Crippen LogP contribution is 2.47. The smallest absolute Gasteiger partial charge is 0.177 e. The molecule has 1 aliphatic rings. The molecule has 1 nitrogen and oxygen atoms in total. The van der Waals surface area contributed by atoms with Crippen LogP contribution >= 0.6 is 0 Å². The largest absolute Gasteiger partial charge is 0.295 e. The summed E-state index contributed by atoms with van der Waals surface area (Å²) in [5.41, 5.74) is 8.17. The van der Waals surface area contributed by atoms with E-state index in [-0.39, 0.29) is 5.78 Å². The second kappa shape index (κ2) is 12.5. The first-order chi connectivity index (χ1) is 17.9. The van der Waals surface area contributed by atoms with Crippen LogP contribution in [-0.2, 0) is 15.6 Å². The van der Waals surface area contributed by atoms with Gasteiger partial charge in [-0.2, -0.15) is 0 Å². The van der Waals surface area contributed by atoms with Gasteiger partial charge in [0.25, 0.3) is 0 Å². The molecule has 3 rings (SSSR count). The van der Waals surface area contributed by atoms with Crippen LogP contribution in [0.3, 0.4) is 0 Å². The minimum Gasteiger partial charge on any atom is -0.295 e. The maximum atomic E-state index is 15.2. The zero-order chi connectivity index (χ0) is 27.0. The molecule has 0 unspecified atom stereocenters. The van der Waals surface area contributed by atoms with Gasteiger partial charge >= 0.3 is 0 Å². The van der Waals surface area contributed by atoms with Gasteiger partial charge in [-0.25, -0.2) is 0 Å². The molecule has 0 radical (unpaired) electrons. The van der Waals surface area contributed by atoms with E-state index in [1.165, 1.54) is 0 Å². The Hall–Kier alpha value is -2.34. The summed E-state index contributed by atoms with van der Waals surface area (Å²) in [5.74, 6) is 7.74. The van der Waals surface area contributed by atoms with Gasteiger partial charge in [0.15, 0.2) is 5.78 Å². The van der Waals surface area contributed by atoms with E-state index in [1.807, 2.05) is 12.1 Å². The zero-order valence-corrected chi connectivity index (χ0v) is 26.0. The molecule has 196 valence electrons. The third kappa shape index (κ3) is 5.60. The third-order valence-electron chi connectivity index (χ3n) is 9.55. The molecule has 0 amide bonds. The second-order valence-electron chi connectivity index (χ2n) is 10.9. The normalized spacial score (nSPS) is 21.9. The van der Waals surface area contributed by atoms with Gasteiger partial charge in [-0.15, -0.1) is 11.1 Å². The minimum absolute atomic E-state index is 0.209. The molecule has 0 aliphatic heterocycles. The van der Waals surface area contributed by atoms with Gasteiger partial charge in [-0.3, -0.25) is 4.79 Å². The van der Waals surface area contributed by atoms with E-state index in [2.05, 4.69) is 113 Å². The van der Waals surface area contributed by atoms with Crippen molar-refractivity contribution in [1.82, 2.24) is 0 Å². The highest BCUT2D eigenvalue weighted by atomic mass is 28.3. The number of ketones is 1. The van der Waals surface area contributed by atoms with Crippen molar-refractivity contribution < 1.29 is 4.79 Å². The Bertz CT molecular complexity index is 1050. The number of rotatable bonds is 8. The first kappa shape index (κ1) is 29.2. The van der Waals surface area contributed by atoms with E-state index in [0.717, 1.165) is 66.7 Å². The van der Waals surface area contributed by atoms with Crippen molar-refractivity contribution >= 4 is 21.9 Å². The van der Waals surface area contributed by atoms with Crippen LogP contribution in [0.4, 0.5) is 0 Å². The molecule has 2 aromatic rings. The molecule has 2 atom stereocenters. The minimum atomic E-state index is -1.74. The second-order valence-corrected chi connectivity index (χ2v) is 20.8. The Kier molecular flexibility index (Phi) is 9.85. The Balaban J connectivity index is 2.33. The van der Waals surface area contributed by atoms with Gasteiger partial charge in [-0.1, -0.05) is 114 Å². The Labute approximate surface area is 228 Å². The molecule has 1 saturated carbocycles. The first-order valence-electron chi connectivity index (χ1n) is 14.6. The van der Waals surface area contributed by atoms with Crippen LogP contribution in [0.1, 0.15) is 71.9 Å².